The zero-order valence-electron chi connectivity index (χ0n) is 21.8. The number of ketones is 1. The molecule has 1 heterocycles. The van der Waals surface area contributed by atoms with Crippen LogP contribution in [0, 0.1) is 6.92 Å². The molecule has 2 N–H and O–H groups in total. The Morgan fingerprint density at radius 1 is 0.949 bits per heavy atom. The van der Waals surface area contributed by atoms with Gasteiger partial charge >= 0.3 is 5.97 Å². The van der Waals surface area contributed by atoms with Gasteiger partial charge in [-0.05, 0) is 54.4 Å². The normalized spacial score (nSPS) is 11.7. The summed E-state index contributed by atoms with van der Waals surface area (Å²) >= 11 is 0. The number of nitrogens with one attached hydrogen (secondary N) is 1. The molecule has 1 amide bonds. The topological polar surface area (TPSA) is 97.6 Å². The number of hydrogen-bond acceptors (Lipinski definition) is 4. The fraction of sp³-hybridized carbons (Fsp3) is 0.156. The van der Waals surface area contributed by atoms with Crippen LogP contribution in [0.4, 0.5) is 0 Å². The van der Waals surface area contributed by atoms with Gasteiger partial charge in [0.1, 0.15) is 11.8 Å². The number of carbonyl (C=O) groups is 3. The predicted molar refractivity (Wildman–Crippen MR) is 150 cm³/mol. The molecular formula is C32H30N2O5. The highest BCUT2D eigenvalue weighted by atomic mass is 16.5. The Bertz CT molecular complexity index is 1480. The van der Waals surface area contributed by atoms with Gasteiger partial charge in [-0.25, -0.2) is 4.79 Å². The molecule has 1 aromatic heterocycles. The highest BCUT2D eigenvalue weighted by Crippen LogP contribution is 2.15. The molecule has 4 aromatic rings. The number of carbonyl (C=O) groups excluding carboxylic acids is 2. The molecule has 39 heavy (non-hydrogen) atoms. The lowest BCUT2D eigenvalue weighted by Crippen LogP contribution is -2.42. The van der Waals surface area contributed by atoms with Crippen LogP contribution < -0.4 is 10.1 Å². The third-order valence-electron chi connectivity index (χ3n) is 6.34. The Morgan fingerprint density at radius 2 is 1.69 bits per heavy atom. The van der Waals surface area contributed by atoms with E-state index >= 15 is 0 Å². The van der Waals surface area contributed by atoms with Gasteiger partial charge in [-0.1, -0.05) is 66.2 Å². The fourth-order valence-corrected chi connectivity index (χ4v) is 4.16. The highest BCUT2D eigenvalue weighted by molar-refractivity contribution is 6.08. The third-order valence-corrected chi connectivity index (χ3v) is 6.34. The first kappa shape index (κ1) is 27.1. The Labute approximate surface area is 227 Å². The minimum atomic E-state index is -1.11. The maximum atomic E-state index is 12.9. The molecular weight excluding hydrogens is 492 g/mol. The van der Waals surface area contributed by atoms with Crippen LogP contribution in [0.5, 0.6) is 5.75 Å². The average Bonchev–Trinajstić information content (AvgIpc) is 3.41. The van der Waals surface area contributed by atoms with Crippen molar-refractivity contribution in [2.45, 2.75) is 25.9 Å². The number of methoxy groups -OCH3 is 1. The van der Waals surface area contributed by atoms with Crippen LogP contribution in [0.3, 0.4) is 0 Å². The van der Waals surface area contributed by atoms with Gasteiger partial charge in [0.25, 0.3) is 5.91 Å². The Morgan fingerprint density at radius 3 is 2.38 bits per heavy atom. The van der Waals surface area contributed by atoms with Crippen molar-refractivity contribution in [1.82, 2.24) is 9.88 Å². The van der Waals surface area contributed by atoms with Gasteiger partial charge in [0.2, 0.25) is 5.78 Å². The summed E-state index contributed by atoms with van der Waals surface area (Å²) in [7, 11) is 1.56. The van der Waals surface area contributed by atoms with E-state index in [-0.39, 0.29) is 12.2 Å². The third kappa shape index (κ3) is 7.11. The van der Waals surface area contributed by atoms with E-state index in [1.807, 2.05) is 66.2 Å². The standard InChI is InChI=1S/C32H30N2O5/c1-22-10-14-25(15-11-22)30(35)29-9-5-19-34(29)18-4-7-23-6-3-8-26(20-23)31(36)33-28(32(37)38)21-24-12-16-27(39-2)17-13-24/h3-17,19-20,28H,18,21H2,1-2H3,(H,33,36)(H,37,38)/b7-4+/t28-/m0/s1. The number of allylic oxidation sites excluding steroid dienone is 1. The molecule has 198 valence electrons. The van der Waals surface area contributed by atoms with E-state index in [1.165, 1.54) is 0 Å². The Balaban J connectivity index is 1.40. The molecule has 0 aliphatic rings. The number of aliphatic carboxylic acids is 1. The lowest BCUT2D eigenvalue weighted by molar-refractivity contribution is -0.139. The van der Waals surface area contributed by atoms with Crippen molar-refractivity contribution in [3.8, 4) is 5.75 Å². The van der Waals surface area contributed by atoms with Gasteiger partial charge in [-0.15, -0.1) is 0 Å². The number of aromatic nitrogens is 1. The average molecular weight is 523 g/mol. The van der Waals surface area contributed by atoms with E-state index in [0.29, 0.717) is 29.1 Å². The zero-order valence-corrected chi connectivity index (χ0v) is 21.8. The quantitative estimate of drug-likeness (QED) is 0.265. The van der Waals surface area contributed by atoms with E-state index in [1.54, 1.807) is 55.6 Å². The molecule has 0 fully saturated rings. The number of carboxylic acids is 1. The molecule has 0 aliphatic heterocycles. The second kappa shape index (κ2) is 12.6. The molecule has 7 heteroatoms. The number of nitrogens with zero attached hydrogens (tertiary/aromatic N) is 1. The van der Waals surface area contributed by atoms with Crippen LogP contribution in [0.15, 0.2) is 97.2 Å². The summed E-state index contributed by atoms with van der Waals surface area (Å²) in [6, 6.07) is 24.0. The van der Waals surface area contributed by atoms with Crippen LogP contribution in [0.1, 0.15) is 43.1 Å². The van der Waals surface area contributed by atoms with Gasteiger partial charge in [-0.2, -0.15) is 0 Å². The minimum absolute atomic E-state index is 0.0466. The first-order chi connectivity index (χ1) is 18.8. The van der Waals surface area contributed by atoms with Crippen molar-refractivity contribution in [2.75, 3.05) is 7.11 Å². The zero-order chi connectivity index (χ0) is 27.8. The van der Waals surface area contributed by atoms with Crippen LogP contribution in [-0.4, -0.2) is 40.5 Å². The van der Waals surface area contributed by atoms with Crippen LogP contribution in [0.25, 0.3) is 6.08 Å². The number of amides is 1. The molecule has 3 aromatic carbocycles. The highest BCUT2D eigenvalue weighted by Gasteiger charge is 2.21. The largest absolute Gasteiger partial charge is 0.497 e. The van der Waals surface area contributed by atoms with Crippen LogP contribution >= 0.6 is 0 Å². The maximum absolute atomic E-state index is 12.9. The molecule has 0 unspecified atom stereocenters. The number of benzene rings is 3. The number of hydrogen-bond donors (Lipinski definition) is 2. The van der Waals surface area contributed by atoms with Crippen LogP contribution in [0.2, 0.25) is 0 Å². The van der Waals surface area contributed by atoms with Gasteiger partial charge in [0.15, 0.2) is 0 Å². The smallest absolute Gasteiger partial charge is 0.326 e. The molecule has 0 radical (unpaired) electrons. The molecule has 0 bridgehead atoms. The predicted octanol–water partition coefficient (Wildman–Crippen LogP) is 5.18. The first-order valence-electron chi connectivity index (χ1n) is 12.5. The maximum Gasteiger partial charge on any atom is 0.326 e. The van der Waals surface area contributed by atoms with E-state index in [4.69, 9.17) is 4.74 Å². The van der Waals surface area contributed by atoms with Gasteiger partial charge in [0.05, 0.1) is 12.8 Å². The molecule has 0 aliphatic carbocycles. The Hall–Kier alpha value is -4.91. The number of carboxylic acid groups (broad SMARTS) is 1. The molecule has 0 saturated heterocycles. The summed E-state index contributed by atoms with van der Waals surface area (Å²) in [5, 5.41) is 12.3. The second-order valence-corrected chi connectivity index (χ2v) is 9.19. The van der Waals surface area contributed by atoms with Crippen molar-refractivity contribution in [3.05, 3.63) is 131 Å². The van der Waals surface area contributed by atoms with Crippen molar-refractivity contribution in [1.29, 1.82) is 0 Å². The molecule has 0 saturated carbocycles. The van der Waals surface area contributed by atoms with Gasteiger partial charge in [-0.3, -0.25) is 9.59 Å². The van der Waals surface area contributed by atoms with Crippen molar-refractivity contribution >= 4 is 23.7 Å². The number of aryl methyl sites for hydroxylation is 1. The lowest BCUT2D eigenvalue weighted by atomic mass is 10.0. The fourth-order valence-electron chi connectivity index (χ4n) is 4.16. The van der Waals surface area contributed by atoms with Gasteiger partial charge < -0.3 is 19.7 Å². The lowest BCUT2D eigenvalue weighted by Gasteiger charge is -2.15. The van der Waals surface area contributed by atoms with Crippen molar-refractivity contribution < 1.29 is 24.2 Å². The second-order valence-electron chi connectivity index (χ2n) is 9.19. The molecule has 0 spiro atoms. The van der Waals surface area contributed by atoms with E-state index in [2.05, 4.69) is 5.32 Å². The number of rotatable bonds is 11. The molecule has 4 rings (SSSR count). The number of ether oxygens (including phenoxy) is 1. The summed E-state index contributed by atoms with van der Waals surface area (Å²) in [5.74, 6) is -0.958. The summed E-state index contributed by atoms with van der Waals surface area (Å²) < 4.78 is 7.00. The SMILES string of the molecule is COc1ccc(C[C@H](NC(=O)c2cccc(/C=C/Cn3cccc3C(=O)c3ccc(C)cc3)c2)C(=O)O)cc1. The summed E-state index contributed by atoms with van der Waals surface area (Å²) in [4.78, 5) is 37.6. The summed E-state index contributed by atoms with van der Waals surface area (Å²) in [6.45, 7) is 2.45. The van der Waals surface area contributed by atoms with Gasteiger partial charge in [0, 0.05) is 30.3 Å². The van der Waals surface area contributed by atoms with E-state index in [9.17, 15) is 19.5 Å². The molecule has 1 atom stereocenters. The summed E-state index contributed by atoms with van der Waals surface area (Å²) in [6.07, 6.45) is 5.77. The van der Waals surface area contributed by atoms with Crippen molar-refractivity contribution in [3.63, 3.8) is 0 Å². The minimum Gasteiger partial charge on any atom is -0.497 e. The monoisotopic (exact) mass is 522 g/mol. The Kier molecular flexibility index (Phi) is 8.74. The molecule has 7 nitrogen and oxygen atoms in total. The van der Waals surface area contributed by atoms with E-state index in [0.717, 1.165) is 16.7 Å². The van der Waals surface area contributed by atoms with E-state index < -0.39 is 17.9 Å². The van der Waals surface area contributed by atoms with Crippen molar-refractivity contribution in [2.24, 2.45) is 0 Å². The van der Waals surface area contributed by atoms with Crippen LogP contribution in [-0.2, 0) is 17.8 Å². The first-order valence-corrected chi connectivity index (χ1v) is 12.5. The summed E-state index contributed by atoms with van der Waals surface area (Å²) in [5.41, 5.74) is 4.22.